The Morgan fingerprint density at radius 1 is 1.05 bits per heavy atom. The molecule has 0 saturated carbocycles. The third-order valence-corrected chi connectivity index (χ3v) is 3.25. The number of hydrogen-bond donors (Lipinski definition) is 1. The Morgan fingerprint density at radius 2 is 1.74 bits per heavy atom. The summed E-state index contributed by atoms with van der Waals surface area (Å²) in [6, 6.07) is 8.17. The zero-order valence-corrected chi connectivity index (χ0v) is 12.4. The van der Waals surface area contributed by atoms with E-state index < -0.39 is 6.10 Å². The number of aliphatic hydroxyl groups excluding tert-OH is 1. The van der Waals surface area contributed by atoms with Crippen LogP contribution in [-0.2, 0) is 6.42 Å². The molecular formula is C17H28O2. The van der Waals surface area contributed by atoms with Gasteiger partial charge in [-0.2, -0.15) is 0 Å². The summed E-state index contributed by atoms with van der Waals surface area (Å²) in [5, 5.41) is 9.28. The average Bonchev–Trinajstić information content (AvgIpc) is 2.41. The van der Waals surface area contributed by atoms with Gasteiger partial charge in [-0.05, 0) is 31.4 Å². The predicted octanol–water partition coefficient (Wildman–Crippen LogP) is 4.35. The minimum Gasteiger partial charge on any atom is -0.491 e. The highest BCUT2D eigenvalue weighted by Crippen LogP contribution is 2.21. The highest BCUT2D eigenvalue weighted by molar-refractivity contribution is 5.33. The number of aryl methyl sites for hydroxylation is 1. The lowest BCUT2D eigenvalue weighted by atomic mass is 10.0. The molecule has 1 aromatic carbocycles. The van der Waals surface area contributed by atoms with Gasteiger partial charge in [0.25, 0.3) is 0 Å². The Morgan fingerprint density at radius 3 is 2.47 bits per heavy atom. The average molecular weight is 264 g/mol. The Hall–Kier alpha value is -1.02. The van der Waals surface area contributed by atoms with Crippen LogP contribution in [0.5, 0.6) is 5.75 Å². The van der Waals surface area contributed by atoms with Crippen molar-refractivity contribution in [3.63, 3.8) is 0 Å². The van der Waals surface area contributed by atoms with Gasteiger partial charge < -0.3 is 9.84 Å². The normalized spacial score (nSPS) is 12.4. The van der Waals surface area contributed by atoms with Crippen molar-refractivity contribution in [3.8, 4) is 5.75 Å². The quantitative estimate of drug-likeness (QED) is 0.637. The predicted molar refractivity (Wildman–Crippen MR) is 80.7 cm³/mol. The molecule has 0 spiro atoms. The van der Waals surface area contributed by atoms with E-state index in [0.717, 1.165) is 12.2 Å². The SMILES string of the molecule is CCCCCCCCc1ccccc1OCC(C)O. The van der Waals surface area contributed by atoms with Crippen LogP contribution in [0.15, 0.2) is 24.3 Å². The number of benzene rings is 1. The molecule has 0 aliphatic rings. The van der Waals surface area contributed by atoms with Gasteiger partial charge in [-0.15, -0.1) is 0 Å². The molecule has 0 saturated heterocycles. The van der Waals surface area contributed by atoms with Gasteiger partial charge >= 0.3 is 0 Å². The second-order valence-corrected chi connectivity index (χ2v) is 5.29. The molecule has 0 aliphatic heterocycles. The lowest BCUT2D eigenvalue weighted by molar-refractivity contribution is 0.122. The highest BCUT2D eigenvalue weighted by Gasteiger charge is 2.04. The van der Waals surface area contributed by atoms with Crippen LogP contribution in [-0.4, -0.2) is 17.8 Å². The summed E-state index contributed by atoms with van der Waals surface area (Å²) in [6.07, 6.45) is 8.53. The molecule has 1 N–H and O–H groups in total. The van der Waals surface area contributed by atoms with Crippen LogP contribution in [0.25, 0.3) is 0 Å². The molecule has 0 fully saturated rings. The van der Waals surface area contributed by atoms with Gasteiger partial charge in [-0.25, -0.2) is 0 Å². The Kier molecular flexibility index (Phi) is 8.31. The number of rotatable bonds is 10. The number of ether oxygens (including phenoxy) is 1. The molecule has 0 amide bonds. The van der Waals surface area contributed by atoms with Crippen molar-refractivity contribution in [2.75, 3.05) is 6.61 Å². The maximum absolute atomic E-state index is 9.28. The fourth-order valence-electron chi connectivity index (χ4n) is 2.16. The van der Waals surface area contributed by atoms with Gasteiger partial charge in [-0.1, -0.05) is 57.2 Å². The summed E-state index contributed by atoms with van der Waals surface area (Å²) in [7, 11) is 0. The molecule has 0 aliphatic carbocycles. The number of aliphatic hydroxyl groups is 1. The first-order valence-electron chi connectivity index (χ1n) is 7.62. The summed E-state index contributed by atoms with van der Waals surface area (Å²) in [6.45, 7) is 4.36. The lowest BCUT2D eigenvalue weighted by Crippen LogP contribution is -2.13. The van der Waals surface area contributed by atoms with E-state index in [4.69, 9.17) is 4.74 Å². The van der Waals surface area contributed by atoms with Crippen LogP contribution >= 0.6 is 0 Å². The van der Waals surface area contributed by atoms with Crippen LogP contribution in [0.1, 0.15) is 57.9 Å². The van der Waals surface area contributed by atoms with Crippen molar-refractivity contribution in [2.24, 2.45) is 0 Å². The molecule has 0 bridgehead atoms. The fourth-order valence-corrected chi connectivity index (χ4v) is 2.16. The maximum atomic E-state index is 9.28. The highest BCUT2D eigenvalue weighted by atomic mass is 16.5. The molecule has 0 heterocycles. The van der Waals surface area contributed by atoms with Crippen LogP contribution in [0.4, 0.5) is 0 Å². The molecule has 1 atom stereocenters. The van der Waals surface area contributed by atoms with E-state index in [2.05, 4.69) is 19.1 Å². The molecule has 0 aromatic heterocycles. The van der Waals surface area contributed by atoms with Crippen LogP contribution in [0.2, 0.25) is 0 Å². The van der Waals surface area contributed by atoms with Gasteiger partial charge in [0.2, 0.25) is 0 Å². The minimum atomic E-state index is -0.415. The van der Waals surface area contributed by atoms with Gasteiger partial charge in [0.05, 0.1) is 6.10 Å². The Balaban J connectivity index is 2.31. The van der Waals surface area contributed by atoms with Gasteiger partial charge in [0, 0.05) is 0 Å². The van der Waals surface area contributed by atoms with Crippen LogP contribution in [0, 0.1) is 0 Å². The summed E-state index contributed by atoms with van der Waals surface area (Å²) < 4.78 is 5.64. The zero-order valence-electron chi connectivity index (χ0n) is 12.4. The number of unbranched alkanes of at least 4 members (excludes halogenated alkanes) is 5. The van der Waals surface area contributed by atoms with Crippen molar-refractivity contribution in [2.45, 2.75) is 64.9 Å². The molecule has 1 aromatic rings. The standard InChI is InChI=1S/C17H28O2/c1-3-4-5-6-7-8-11-16-12-9-10-13-17(16)19-14-15(2)18/h9-10,12-13,15,18H,3-8,11,14H2,1-2H3. The second kappa shape index (κ2) is 9.85. The molecule has 108 valence electrons. The van der Waals surface area contributed by atoms with Gasteiger partial charge in [-0.3, -0.25) is 0 Å². The topological polar surface area (TPSA) is 29.5 Å². The largest absolute Gasteiger partial charge is 0.491 e. The van der Waals surface area contributed by atoms with Crippen molar-refractivity contribution in [3.05, 3.63) is 29.8 Å². The van der Waals surface area contributed by atoms with Gasteiger partial charge in [0.15, 0.2) is 0 Å². The third kappa shape index (κ3) is 7.22. The molecular weight excluding hydrogens is 236 g/mol. The Bertz CT molecular complexity index is 334. The van der Waals surface area contributed by atoms with Crippen LogP contribution in [0.3, 0.4) is 0 Å². The first kappa shape index (κ1) is 16.0. The molecule has 1 unspecified atom stereocenters. The lowest BCUT2D eigenvalue weighted by Gasteiger charge is -2.12. The molecule has 2 heteroatoms. The summed E-state index contributed by atoms with van der Waals surface area (Å²) in [5.41, 5.74) is 1.26. The van der Waals surface area contributed by atoms with E-state index >= 15 is 0 Å². The van der Waals surface area contributed by atoms with Crippen molar-refractivity contribution >= 4 is 0 Å². The van der Waals surface area contributed by atoms with Crippen LogP contribution < -0.4 is 4.74 Å². The van der Waals surface area contributed by atoms with Gasteiger partial charge in [0.1, 0.15) is 12.4 Å². The zero-order chi connectivity index (χ0) is 13.9. The van der Waals surface area contributed by atoms with E-state index in [1.54, 1.807) is 6.92 Å². The van der Waals surface area contributed by atoms with E-state index in [0.29, 0.717) is 6.61 Å². The third-order valence-electron chi connectivity index (χ3n) is 3.25. The maximum Gasteiger partial charge on any atom is 0.122 e. The summed E-state index contributed by atoms with van der Waals surface area (Å²) >= 11 is 0. The Labute approximate surface area is 117 Å². The van der Waals surface area contributed by atoms with E-state index in [-0.39, 0.29) is 0 Å². The molecule has 1 rings (SSSR count). The first-order chi connectivity index (χ1) is 9.24. The van der Waals surface area contributed by atoms with E-state index in [1.807, 2.05) is 12.1 Å². The van der Waals surface area contributed by atoms with Crippen molar-refractivity contribution < 1.29 is 9.84 Å². The smallest absolute Gasteiger partial charge is 0.122 e. The summed E-state index contributed by atoms with van der Waals surface area (Å²) in [4.78, 5) is 0. The monoisotopic (exact) mass is 264 g/mol. The number of hydrogen-bond acceptors (Lipinski definition) is 2. The molecule has 0 radical (unpaired) electrons. The first-order valence-corrected chi connectivity index (χ1v) is 7.62. The number of para-hydroxylation sites is 1. The summed E-state index contributed by atoms with van der Waals surface area (Å²) in [5.74, 6) is 0.928. The fraction of sp³-hybridized carbons (Fsp3) is 0.647. The van der Waals surface area contributed by atoms with E-state index in [9.17, 15) is 5.11 Å². The second-order valence-electron chi connectivity index (χ2n) is 5.29. The molecule has 2 nitrogen and oxygen atoms in total. The van der Waals surface area contributed by atoms with Crippen molar-refractivity contribution in [1.82, 2.24) is 0 Å². The van der Waals surface area contributed by atoms with E-state index in [1.165, 1.54) is 44.1 Å². The molecule has 19 heavy (non-hydrogen) atoms. The van der Waals surface area contributed by atoms with Crippen molar-refractivity contribution in [1.29, 1.82) is 0 Å². The minimum absolute atomic E-state index is 0.369.